The fourth-order valence-electron chi connectivity index (χ4n) is 2.15. The molecule has 2 rings (SSSR count). The van der Waals surface area contributed by atoms with Gasteiger partial charge in [-0.15, -0.1) is 24.0 Å². The van der Waals surface area contributed by atoms with Crippen LogP contribution in [0.1, 0.15) is 50.0 Å². The molecule has 2 aromatic rings. The molecular weight excluding hydrogens is 453 g/mol. The van der Waals surface area contributed by atoms with Crippen molar-refractivity contribution in [3.05, 3.63) is 46.6 Å². The molecule has 0 fully saturated rings. The normalized spacial score (nSPS) is 12.6. The molecule has 1 heterocycles. The Bertz CT molecular complexity index is 689. The zero-order valence-electron chi connectivity index (χ0n) is 14.9. The van der Waals surface area contributed by atoms with Gasteiger partial charge in [-0.25, -0.2) is 0 Å². The largest absolute Gasteiger partial charge is 0.356 e. The molecule has 0 aliphatic carbocycles. The monoisotopic (exact) mass is 477 g/mol. The number of aromatic nitrogens is 2. The van der Waals surface area contributed by atoms with Gasteiger partial charge in [-0.3, -0.25) is 4.99 Å². The van der Waals surface area contributed by atoms with Gasteiger partial charge < -0.3 is 15.2 Å². The van der Waals surface area contributed by atoms with Crippen LogP contribution in [-0.2, 0) is 6.42 Å². The Morgan fingerprint density at radius 2 is 2.08 bits per heavy atom. The van der Waals surface area contributed by atoms with E-state index in [0.29, 0.717) is 24.8 Å². The van der Waals surface area contributed by atoms with Crippen LogP contribution in [0, 0.1) is 0 Å². The molecule has 0 saturated heterocycles. The summed E-state index contributed by atoms with van der Waals surface area (Å²) in [5.41, 5.74) is 1.10. The minimum atomic E-state index is 0. The van der Waals surface area contributed by atoms with Gasteiger partial charge in [0.05, 0.1) is 6.04 Å². The lowest BCUT2D eigenvalue weighted by Gasteiger charge is -2.18. The molecule has 8 heteroatoms. The predicted molar refractivity (Wildman–Crippen MR) is 112 cm³/mol. The van der Waals surface area contributed by atoms with Crippen molar-refractivity contribution < 1.29 is 4.52 Å². The van der Waals surface area contributed by atoms with Gasteiger partial charge in [-0.2, -0.15) is 4.98 Å². The molecule has 1 unspecified atom stereocenters. The van der Waals surface area contributed by atoms with E-state index in [1.807, 2.05) is 38.1 Å². The zero-order chi connectivity index (χ0) is 17.5. The van der Waals surface area contributed by atoms with Crippen LogP contribution in [-0.4, -0.2) is 29.7 Å². The molecule has 0 radical (unpaired) electrons. The lowest BCUT2D eigenvalue weighted by atomic mass is 10.1. The molecule has 0 bridgehead atoms. The summed E-state index contributed by atoms with van der Waals surface area (Å²) in [6.07, 6.45) is 0.645. The molecule has 0 aliphatic heterocycles. The Kier molecular flexibility index (Phi) is 9.20. The van der Waals surface area contributed by atoms with E-state index in [1.165, 1.54) is 0 Å². The van der Waals surface area contributed by atoms with Gasteiger partial charge in [0, 0.05) is 31.0 Å². The highest BCUT2D eigenvalue weighted by molar-refractivity contribution is 14.0. The number of benzene rings is 1. The first-order chi connectivity index (χ1) is 11.5. The first kappa shape index (κ1) is 21.7. The quantitative estimate of drug-likeness (QED) is 0.374. The van der Waals surface area contributed by atoms with Crippen LogP contribution in [0.4, 0.5) is 0 Å². The lowest BCUT2D eigenvalue weighted by molar-refractivity contribution is 0.371. The molecule has 25 heavy (non-hydrogen) atoms. The summed E-state index contributed by atoms with van der Waals surface area (Å²) in [5.74, 6) is 2.35. The van der Waals surface area contributed by atoms with E-state index in [1.54, 1.807) is 7.05 Å². The van der Waals surface area contributed by atoms with Gasteiger partial charge in [-0.1, -0.05) is 42.7 Å². The summed E-state index contributed by atoms with van der Waals surface area (Å²) in [5, 5.41) is 11.3. The summed E-state index contributed by atoms with van der Waals surface area (Å²) in [6.45, 7) is 6.79. The third kappa shape index (κ3) is 6.81. The number of rotatable bonds is 6. The van der Waals surface area contributed by atoms with Gasteiger partial charge >= 0.3 is 0 Å². The lowest BCUT2D eigenvalue weighted by Crippen LogP contribution is -2.39. The first-order valence-corrected chi connectivity index (χ1v) is 8.42. The van der Waals surface area contributed by atoms with E-state index in [0.717, 1.165) is 16.4 Å². The maximum Gasteiger partial charge on any atom is 0.228 e. The van der Waals surface area contributed by atoms with Crippen LogP contribution in [0.5, 0.6) is 0 Å². The molecule has 0 saturated carbocycles. The predicted octanol–water partition coefficient (Wildman–Crippen LogP) is 3.93. The highest BCUT2D eigenvalue weighted by Crippen LogP contribution is 2.17. The Labute approximate surface area is 170 Å². The number of hydrogen-bond donors (Lipinski definition) is 2. The standard InChI is InChI=1S/C17H24ClN5O.HI/c1-11(2)16-22-15(24-23-16)8-9-20-17(19-4)21-12(3)13-6-5-7-14(18)10-13;/h5-7,10-12H,8-9H2,1-4H3,(H2,19,20,21);1H. The van der Waals surface area contributed by atoms with E-state index >= 15 is 0 Å². The van der Waals surface area contributed by atoms with Crippen LogP contribution in [0.15, 0.2) is 33.8 Å². The molecule has 1 atom stereocenters. The minimum absolute atomic E-state index is 0. The van der Waals surface area contributed by atoms with Crippen molar-refractivity contribution in [2.45, 2.75) is 39.2 Å². The van der Waals surface area contributed by atoms with E-state index in [2.05, 4.69) is 32.7 Å². The van der Waals surface area contributed by atoms with Crippen molar-refractivity contribution in [1.82, 2.24) is 20.8 Å². The Morgan fingerprint density at radius 1 is 1.32 bits per heavy atom. The second-order valence-electron chi connectivity index (χ2n) is 5.87. The summed E-state index contributed by atoms with van der Waals surface area (Å²) >= 11 is 6.04. The topological polar surface area (TPSA) is 75.3 Å². The van der Waals surface area contributed by atoms with Crippen LogP contribution in [0.3, 0.4) is 0 Å². The summed E-state index contributed by atoms with van der Waals surface area (Å²) in [4.78, 5) is 8.59. The minimum Gasteiger partial charge on any atom is -0.356 e. The van der Waals surface area contributed by atoms with Gasteiger partial charge in [0.1, 0.15) is 0 Å². The van der Waals surface area contributed by atoms with E-state index in [4.69, 9.17) is 16.1 Å². The Hall–Kier alpha value is -1.35. The van der Waals surface area contributed by atoms with Crippen LogP contribution >= 0.6 is 35.6 Å². The van der Waals surface area contributed by atoms with E-state index in [-0.39, 0.29) is 35.9 Å². The average molecular weight is 478 g/mol. The number of aliphatic imine (C=N–C) groups is 1. The fraction of sp³-hybridized carbons (Fsp3) is 0.471. The number of nitrogens with zero attached hydrogens (tertiary/aromatic N) is 3. The molecule has 1 aromatic carbocycles. The molecule has 0 spiro atoms. The zero-order valence-corrected chi connectivity index (χ0v) is 18.0. The molecule has 1 aromatic heterocycles. The van der Waals surface area contributed by atoms with Crippen molar-refractivity contribution >= 4 is 41.5 Å². The smallest absolute Gasteiger partial charge is 0.228 e. The molecule has 6 nitrogen and oxygen atoms in total. The van der Waals surface area contributed by atoms with Crippen molar-refractivity contribution in [1.29, 1.82) is 0 Å². The SMILES string of the molecule is CN=C(NCCc1nc(C(C)C)no1)NC(C)c1cccc(Cl)c1.I. The number of halogens is 2. The van der Waals surface area contributed by atoms with Gasteiger partial charge in [-0.05, 0) is 24.6 Å². The van der Waals surface area contributed by atoms with Gasteiger partial charge in [0.2, 0.25) is 5.89 Å². The number of nitrogens with one attached hydrogen (secondary N) is 2. The maximum atomic E-state index is 6.04. The van der Waals surface area contributed by atoms with Crippen molar-refractivity contribution in [3.63, 3.8) is 0 Å². The highest BCUT2D eigenvalue weighted by Gasteiger charge is 2.11. The second kappa shape index (κ2) is 10.6. The first-order valence-electron chi connectivity index (χ1n) is 8.04. The van der Waals surface area contributed by atoms with Gasteiger partial charge in [0.15, 0.2) is 11.8 Å². The van der Waals surface area contributed by atoms with Crippen LogP contribution in [0.25, 0.3) is 0 Å². The Morgan fingerprint density at radius 3 is 2.68 bits per heavy atom. The molecule has 138 valence electrons. The van der Waals surface area contributed by atoms with E-state index in [9.17, 15) is 0 Å². The van der Waals surface area contributed by atoms with Crippen LogP contribution < -0.4 is 10.6 Å². The summed E-state index contributed by atoms with van der Waals surface area (Å²) in [6, 6.07) is 7.86. The molecule has 0 aliphatic rings. The number of guanidine groups is 1. The third-order valence-electron chi connectivity index (χ3n) is 3.56. The van der Waals surface area contributed by atoms with E-state index < -0.39 is 0 Å². The van der Waals surface area contributed by atoms with Crippen molar-refractivity contribution in [2.24, 2.45) is 4.99 Å². The number of hydrogen-bond acceptors (Lipinski definition) is 4. The van der Waals surface area contributed by atoms with Crippen LogP contribution in [0.2, 0.25) is 5.02 Å². The maximum absolute atomic E-state index is 6.04. The highest BCUT2D eigenvalue weighted by atomic mass is 127. The average Bonchev–Trinajstić information content (AvgIpc) is 3.03. The summed E-state index contributed by atoms with van der Waals surface area (Å²) in [7, 11) is 1.74. The second-order valence-corrected chi connectivity index (χ2v) is 6.31. The van der Waals surface area contributed by atoms with Gasteiger partial charge in [0.25, 0.3) is 0 Å². The van der Waals surface area contributed by atoms with Crippen molar-refractivity contribution in [3.8, 4) is 0 Å². The molecule has 2 N–H and O–H groups in total. The van der Waals surface area contributed by atoms with Crippen molar-refractivity contribution in [2.75, 3.05) is 13.6 Å². The molecular formula is C17H25ClIN5O. The summed E-state index contributed by atoms with van der Waals surface area (Å²) < 4.78 is 5.23. The fourth-order valence-corrected chi connectivity index (χ4v) is 2.35. The third-order valence-corrected chi connectivity index (χ3v) is 3.79. The molecule has 0 amide bonds. The Balaban J connectivity index is 0.00000312.